The van der Waals surface area contributed by atoms with Crippen LogP contribution < -0.4 is 0 Å². The molecule has 2 atom stereocenters. The largest absolute Gasteiger partial charge is 0.394 e. The Kier molecular flexibility index (Phi) is 5.31. The van der Waals surface area contributed by atoms with Gasteiger partial charge in [-0.25, -0.2) is 0 Å². The minimum atomic E-state index is -0.212. The smallest absolute Gasteiger partial charge is 0.226 e. The van der Waals surface area contributed by atoms with Crippen LogP contribution in [-0.4, -0.2) is 47.8 Å². The maximum atomic E-state index is 12.8. The summed E-state index contributed by atoms with van der Waals surface area (Å²) >= 11 is 0. The van der Waals surface area contributed by atoms with Crippen molar-refractivity contribution in [2.24, 2.45) is 17.3 Å². The van der Waals surface area contributed by atoms with Gasteiger partial charge >= 0.3 is 0 Å². The van der Waals surface area contributed by atoms with Gasteiger partial charge in [0.1, 0.15) is 0 Å². The van der Waals surface area contributed by atoms with Crippen molar-refractivity contribution in [2.75, 3.05) is 19.8 Å². The van der Waals surface area contributed by atoms with Crippen LogP contribution in [0, 0.1) is 17.3 Å². The SMILES string of the molecule is CC1COC(CO)CN1C(=O)C1CCC(C(C)(C)C)CC1. The number of hydrogen-bond donors (Lipinski definition) is 1. The van der Waals surface area contributed by atoms with E-state index in [0.717, 1.165) is 31.6 Å². The van der Waals surface area contributed by atoms with E-state index < -0.39 is 0 Å². The van der Waals surface area contributed by atoms with Crippen molar-refractivity contribution in [3.63, 3.8) is 0 Å². The van der Waals surface area contributed by atoms with Crippen molar-refractivity contribution >= 4 is 5.91 Å². The number of carbonyl (C=O) groups is 1. The lowest BCUT2D eigenvalue weighted by Crippen LogP contribution is -2.54. The zero-order valence-corrected chi connectivity index (χ0v) is 14.0. The number of hydrogen-bond acceptors (Lipinski definition) is 3. The lowest BCUT2D eigenvalue weighted by molar-refractivity contribution is -0.152. The topological polar surface area (TPSA) is 49.8 Å². The van der Waals surface area contributed by atoms with Crippen molar-refractivity contribution in [3.8, 4) is 0 Å². The number of aliphatic hydroxyl groups excluding tert-OH is 1. The predicted molar refractivity (Wildman–Crippen MR) is 82.9 cm³/mol. The molecular formula is C17H31NO3. The Morgan fingerprint density at radius 2 is 1.86 bits per heavy atom. The highest BCUT2D eigenvalue weighted by atomic mass is 16.5. The third-order valence-corrected chi connectivity index (χ3v) is 5.29. The van der Waals surface area contributed by atoms with Crippen molar-refractivity contribution in [1.82, 2.24) is 4.90 Å². The summed E-state index contributed by atoms with van der Waals surface area (Å²) in [5.41, 5.74) is 0.349. The van der Waals surface area contributed by atoms with E-state index in [9.17, 15) is 9.90 Å². The third-order valence-electron chi connectivity index (χ3n) is 5.29. The molecule has 21 heavy (non-hydrogen) atoms. The molecule has 4 nitrogen and oxygen atoms in total. The van der Waals surface area contributed by atoms with Crippen LogP contribution >= 0.6 is 0 Å². The molecule has 4 heteroatoms. The molecule has 1 amide bonds. The normalized spacial score (nSPS) is 34.8. The number of morpholine rings is 1. The van der Waals surface area contributed by atoms with Gasteiger partial charge in [-0.3, -0.25) is 4.79 Å². The fourth-order valence-corrected chi connectivity index (χ4v) is 3.68. The summed E-state index contributed by atoms with van der Waals surface area (Å²) in [6.45, 7) is 10.0. The summed E-state index contributed by atoms with van der Waals surface area (Å²) in [4.78, 5) is 14.7. The maximum absolute atomic E-state index is 12.8. The number of rotatable bonds is 2. The Labute approximate surface area is 128 Å². The quantitative estimate of drug-likeness (QED) is 0.852. The van der Waals surface area contributed by atoms with E-state index in [4.69, 9.17) is 4.74 Å². The molecule has 0 aromatic rings. The molecule has 1 saturated carbocycles. The van der Waals surface area contributed by atoms with E-state index in [2.05, 4.69) is 20.8 Å². The van der Waals surface area contributed by atoms with Gasteiger partial charge in [0.05, 0.1) is 25.4 Å². The van der Waals surface area contributed by atoms with Crippen LogP contribution in [0.15, 0.2) is 0 Å². The summed E-state index contributed by atoms with van der Waals surface area (Å²) in [6.07, 6.45) is 4.11. The number of ether oxygens (including phenoxy) is 1. The van der Waals surface area contributed by atoms with Gasteiger partial charge in [0.25, 0.3) is 0 Å². The minimum Gasteiger partial charge on any atom is -0.394 e. The van der Waals surface area contributed by atoms with E-state index in [1.165, 1.54) is 0 Å². The highest BCUT2D eigenvalue weighted by Crippen LogP contribution is 2.40. The Morgan fingerprint density at radius 1 is 1.24 bits per heavy atom. The monoisotopic (exact) mass is 297 g/mol. The molecule has 2 rings (SSSR count). The third kappa shape index (κ3) is 3.98. The van der Waals surface area contributed by atoms with E-state index >= 15 is 0 Å². The molecule has 1 aliphatic heterocycles. The van der Waals surface area contributed by atoms with Crippen molar-refractivity contribution in [3.05, 3.63) is 0 Å². The van der Waals surface area contributed by atoms with Gasteiger partial charge in [-0.15, -0.1) is 0 Å². The standard InChI is InChI=1S/C17H31NO3/c1-12-11-21-15(10-19)9-18(12)16(20)13-5-7-14(8-6-13)17(2,3)4/h12-15,19H,5-11H2,1-4H3. The molecule has 0 aromatic heterocycles. The lowest BCUT2D eigenvalue weighted by atomic mass is 9.69. The van der Waals surface area contributed by atoms with Crippen LogP contribution in [0.2, 0.25) is 0 Å². The second-order valence-corrected chi connectivity index (χ2v) is 7.89. The molecule has 0 bridgehead atoms. The number of aliphatic hydroxyl groups is 1. The van der Waals surface area contributed by atoms with E-state index in [-0.39, 0.29) is 30.6 Å². The van der Waals surface area contributed by atoms with Crippen LogP contribution in [-0.2, 0) is 9.53 Å². The van der Waals surface area contributed by atoms with Crippen molar-refractivity contribution in [2.45, 2.75) is 65.5 Å². The average molecular weight is 297 g/mol. The van der Waals surface area contributed by atoms with Crippen LogP contribution in [0.25, 0.3) is 0 Å². The molecule has 1 aliphatic carbocycles. The Balaban J connectivity index is 1.92. The molecular weight excluding hydrogens is 266 g/mol. The molecule has 1 heterocycles. The van der Waals surface area contributed by atoms with Crippen LogP contribution in [0.1, 0.15) is 53.4 Å². The lowest BCUT2D eigenvalue weighted by Gasteiger charge is -2.42. The summed E-state index contributed by atoms with van der Waals surface area (Å²) in [7, 11) is 0. The minimum absolute atomic E-state index is 0.00668. The van der Waals surface area contributed by atoms with Crippen molar-refractivity contribution < 1.29 is 14.6 Å². The summed E-state index contributed by atoms with van der Waals surface area (Å²) < 4.78 is 5.52. The molecule has 2 aliphatic rings. The number of carbonyl (C=O) groups excluding carboxylic acids is 1. The average Bonchev–Trinajstić information content (AvgIpc) is 2.46. The molecule has 122 valence electrons. The first-order chi connectivity index (χ1) is 9.82. The summed E-state index contributed by atoms with van der Waals surface area (Å²) in [5.74, 6) is 1.17. The molecule has 1 N–H and O–H groups in total. The number of nitrogens with zero attached hydrogens (tertiary/aromatic N) is 1. The second kappa shape index (κ2) is 6.66. The van der Waals surface area contributed by atoms with Gasteiger partial charge in [0, 0.05) is 12.5 Å². The van der Waals surface area contributed by atoms with E-state index in [1.807, 2.05) is 11.8 Å². The van der Waals surface area contributed by atoms with Gasteiger partial charge in [-0.2, -0.15) is 0 Å². The van der Waals surface area contributed by atoms with Gasteiger partial charge in [0.2, 0.25) is 5.91 Å². The first kappa shape index (κ1) is 16.8. The zero-order valence-electron chi connectivity index (χ0n) is 14.0. The molecule has 0 spiro atoms. The fourth-order valence-electron chi connectivity index (χ4n) is 3.68. The second-order valence-electron chi connectivity index (χ2n) is 7.89. The highest BCUT2D eigenvalue weighted by molar-refractivity contribution is 5.79. The summed E-state index contributed by atoms with van der Waals surface area (Å²) in [5, 5.41) is 9.25. The zero-order chi connectivity index (χ0) is 15.6. The van der Waals surface area contributed by atoms with E-state index in [1.54, 1.807) is 0 Å². The molecule has 0 aromatic carbocycles. The van der Waals surface area contributed by atoms with E-state index in [0.29, 0.717) is 18.6 Å². The van der Waals surface area contributed by atoms with Crippen LogP contribution in [0.4, 0.5) is 0 Å². The Bertz CT molecular complexity index is 356. The van der Waals surface area contributed by atoms with Gasteiger partial charge < -0.3 is 14.7 Å². The molecule has 0 radical (unpaired) electrons. The predicted octanol–water partition coefficient (Wildman–Crippen LogP) is 2.45. The number of amides is 1. The maximum Gasteiger partial charge on any atom is 0.226 e. The van der Waals surface area contributed by atoms with Crippen LogP contribution in [0.5, 0.6) is 0 Å². The first-order valence-electron chi connectivity index (χ1n) is 8.36. The fraction of sp³-hybridized carbons (Fsp3) is 0.941. The van der Waals surface area contributed by atoms with Gasteiger partial charge in [-0.05, 0) is 43.9 Å². The molecule has 2 fully saturated rings. The Morgan fingerprint density at radius 3 is 2.38 bits per heavy atom. The van der Waals surface area contributed by atoms with Crippen molar-refractivity contribution in [1.29, 1.82) is 0 Å². The van der Waals surface area contributed by atoms with Crippen LogP contribution in [0.3, 0.4) is 0 Å². The van der Waals surface area contributed by atoms with Gasteiger partial charge in [0.15, 0.2) is 0 Å². The summed E-state index contributed by atoms with van der Waals surface area (Å²) in [6, 6.07) is 0.126. The highest BCUT2D eigenvalue weighted by Gasteiger charge is 2.37. The van der Waals surface area contributed by atoms with Gasteiger partial charge in [-0.1, -0.05) is 20.8 Å². The molecule has 1 saturated heterocycles. The first-order valence-corrected chi connectivity index (χ1v) is 8.36. The Hall–Kier alpha value is -0.610. The molecule has 2 unspecified atom stereocenters.